The fourth-order valence-electron chi connectivity index (χ4n) is 3.93. The summed E-state index contributed by atoms with van der Waals surface area (Å²) in [4.78, 5) is 2.58. The topological polar surface area (TPSA) is 71.3 Å². The van der Waals surface area contributed by atoms with Crippen LogP contribution >= 0.6 is 23.6 Å². The Morgan fingerprint density at radius 1 is 1.16 bits per heavy atom. The predicted octanol–water partition coefficient (Wildman–Crippen LogP) is 6.97. The van der Waals surface area contributed by atoms with Crippen molar-refractivity contribution in [2.75, 3.05) is 6.61 Å². The fraction of sp³-hybridized carbons (Fsp3) is 0.520. The molecule has 0 radical (unpaired) electrons. The number of benzene rings is 1. The van der Waals surface area contributed by atoms with Gasteiger partial charge in [0.15, 0.2) is 0 Å². The van der Waals surface area contributed by atoms with Crippen molar-refractivity contribution >= 4 is 23.6 Å². The van der Waals surface area contributed by atoms with Crippen LogP contribution in [-0.4, -0.2) is 28.0 Å². The maximum Gasteiger partial charge on any atom is 0.284 e. The molecule has 0 aliphatic carbocycles. The van der Waals surface area contributed by atoms with Crippen molar-refractivity contribution in [2.24, 2.45) is 5.41 Å². The fourth-order valence-corrected chi connectivity index (χ4v) is 5.51. The van der Waals surface area contributed by atoms with Crippen LogP contribution in [0.25, 0.3) is 10.8 Å². The molecule has 0 bridgehead atoms. The van der Waals surface area contributed by atoms with Gasteiger partial charge >= 0.3 is 0 Å². The number of aliphatic hydroxyl groups is 1. The molecule has 1 unspecified atom stereocenters. The van der Waals surface area contributed by atoms with E-state index in [2.05, 4.69) is 56.1 Å². The van der Waals surface area contributed by atoms with E-state index in [1.807, 2.05) is 26.8 Å². The molecule has 1 atom stereocenters. The largest absolute Gasteiger partial charge is 0.491 e. The zero-order valence-electron chi connectivity index (χ0n) is 20.0. The van der Waals surface area contributed by atoms with Gasteiger partial charge in [0.2, 0.25) is 0 Å². The van der Waals surface area contributed by atoms with Gasteiger partial charge in [0.25, 0.3) is 10.7 Å². The molecule has 0 aliphatic rings. The zero-order chi connectivity index (χ0) is 23.7. The molecule has 0 amide bonds. The number of aryl methyl sites for hydroxylation is 2. The number of H-pyrrole nitrogens is 1. The van der Waals surface area contributed by atoms with Gasteiger partial charge in [-0.25, -0.2) is 5.10 Å². The van der Waals surface area contributed by atoms with Crippen molar-refractivity contribution in [3.63, 3.8) is 0 Å². The van der Waals surface area contributed by atoms with Crippen molar-refractivity contribution in [1.29, 1.82) is 0 Å². The number of ether oxygens (including phenoxy) is 1. The molecule has 1 aromatic carbocycles. The highest BCUT2D eigenvalue weighted by molar-refractivity contribution is 7.71. The van der Waals surface area contributed by atoms with Crippen LogP contribution in [0.1, 0.15) is 69.0 Å². The second-order valence-corrected chi connectivity index (χ2v) is 10.9. The second-order valence-electron chi connectivity index (χ2n) is 9.50. The maximum absolute atomic E-state index is 10.3. The normalized spacial score (nSPS) is 13.4. The monoisotopic (exact) mass is 474 g/mol. The van der Waals surface area contributed by atoms with Crippen LogP contribution in [0, 0.1) is 24.1 Å². The number of nitrogens with one attached hydrogen (secondary N) is 1. The predicted molar refractivity (Wildman–Crippen MR) is 133 cm³/mol. The molecule has 174 valence electrons. The summed E-state index contributed by atoms with van der Waals surface area (Å²) in [6, 6.07) is 8.67. The molecule has 2 aromatic heterocycles. The Bertz CT molecular complexity index is 1120. The van der Waals surface area contributed by atoms with Crippen molar-refractivity contribution in [3.05, 3.63) is 50.7 Å². The lowest BCUT2D eigenvalue weighted by molar-refractivity contribution is 0.0216. The van der Waals surface area contributed by atoms with Crippen LogP contribution < -0.4 is 4.74 Å². The molecule has 0 saturated heterocycles. The molecule has 5 nitrogen and oxygen atoms in total. The summed E-state index contributed by atoms with van der Waals surface area (Å²) in [6.45, 7) is 14.9. The molecule has 0 aliphatic heterocycles. The van der Waals surface area contributed by atoms with Gasteiger partial charge in [0, 0.05) is 10.3 Å². The smallest absolute Gasteiger partial charge is 0.284 e. The van der Waals surface area contributed by atoms with Gasteiger partial charge in [-0.2, -0.15) is 0 Å². The zero-order valence-corrected chi connectivity index (χ0v) is 21.7. The number of aromatic amines is 1. The molecular formula is C25H34N2O3S2. The molecular weight excluding hydrogens is 440 g/mol. The standard InChI is InChI=1S/C25H34N2O3S2/c1-8-25(9-2,20-13-16(4)21(32-20)22-26-27-23(31)30-22)17-10-11-18(15(3)12-17)29-14-19(28)24(5,6)7/h10-13,19,28H,8-9,14H2,1-7H3,(H,27,31). The third kappa shape index (κ3) is 4.85. The molecule has 3 rings (SSSR count). The highest BCUT2D eigenvalue weighted by atomic mass is 32.1. The van der Waals surface area contributed by atoms with E-state index in [-0.39, 0.29) is 22.3 Å². The maximum atomic E-state index is 10.3. The van der Waals surface area contributed by atoms with Crippen LogP contribution in [0.15, 0.2) is 28.7 Å². The van der Waals surface area contributed by atoms with E-state index < -0.39 is 6.10 Å². The van der Waals surface area contributed by atoms with Crippen molar-refractivity contribution in [1.82, 2.24) is 10.2 Å². The van der Waals surface area contributed by atoms with Gasteiger partial charge in [-0.3, -0.25) is 0 Å². The van der Waals surface area contributed by atoms with Crippen LogP contribution in [0.2, 0.25) is 0 Å². The summed E-state index contributed by atoms with van der Waals surface area (Å²) in [7, 11) is 0. The highest BCUT2D eigenvalue weighted by Crippen LogP contribution is 2.46. The minimum Gasteiger partial charge on any atom is -0.491 e. The first kappa shape index (κ1) is 24.7. The van der Waals surface area contributed by atoms with E-state index in [0.717, 1.165) is 34.6 Å². The number of hydrogen-bond acceptors (Lipinski definition) is 6. The van der Waals surface area contributed by atoms with E-state index >= 15 is 0 Å². The summed E-state index contributed by atoms with van der Waals surface area (Å²) < 4.78 is 11.5. The lowest BCUT2D eigenvalue weighted by Crippen LogP contribution is -2.32. The number of hydrogen-bond donors (Lipinski definition) is 2. The van der Waals surface area contributed by atoms with Crippen molar-refractivity contribution in [2.45, 2.75) is 72.8 Å². The average Bonchev–Trinajstić information content (AvgIpc) is 3.33. The Kier molecular flexibility index (Phi) is 7.32. The quantitative estimate of drug-likeness (QED) is 0.345. The Balaban J connectivity index is 1.95. The molecule has 7 heteroatoms. The number of aromatic nitrogens is 2. The van der Waals surface area contributed by atoms with Crippen LogP contribution in [0.4, 0.5) is 0 Å². The summed E-state index contributed by atoms with van der Waals surface area (Å²) >= 11 is 6.77. The first-order valence-corrected chi connectivity index (χ1v) is 12.3. The Labute approximate surface area is 199 Å². The molecule has 0 saturated carbocycles. The van der Waals surface area contributed by atoms with Gasteiger partial charge in [-0.05, 0) is 73.1 Å². The van der Waals surface area contributed by atoms with Gasteiger partial charge in [-0.1, -0.05) is 46.8 Å². The van der Waals surface area contributed by atoms with Crippen LogP contribution in [0.5, 0.6) is 5.75 Å². The van der Waals surface area contributed by atoms with Gasteiger partial charge in [0.1, 0.15) is 12.4 Å². The summed E-state index contributed by atoms with van der Waals surface area (Å²) in [5.74, 6) is 1.36. The second kappa shape index (κ2) is 9.49. The lowest BCUT2D eigenvalue weighted by atomic mass is 9.74. The van der Waals surface area contributed by atoms with Gasteiger partial charge in [0.05, 0.1) is 11.0 Å². The molecule has 3 aromatic rings. The first-order chi connectivity index (χ1) is 15.0. The number of nitrogens with zero attached hydrogens (tertiary/aromatic N) is 1. The Hall–Kier alpha value is -1.96. The summed E-state index contributed by atoms with van der Waals surface area (Å²) in [5.41, 5.74) is 3.14. The lowest BCUT2D eigenvalue weighted by Gasteiger charge is -2.32. The minimum atomic E-state index is -0.525. The molecule has 32 heavy (non-hydrogen) atoms. The van der Waals surface area contributed by atoms with Crippen LogP contribution in [0.3, 0.4) is 0 Å². The van der Waals surface area contributed by atoms with E-state index in [4.69, 9.17) is 21.4 Å². The van der Waals surface area contributed by atoms with E-state index in [1.54, 1.807) is 11.3 Å². The Morgan fingerprint density at radius 3 is 2.38 bits per heavy atom. The summed E-state index contributed by atoms with van der Waals surface area (Å²) in [5, 5.41) is 17.3. The molecule has 2 heterocycles. The number of rotatable bonds is 8. The van der Waals surface area contributed by atoms with E-state index in [9.17, 15) is 5.11 Å². The molecule has 2 N–H and O–H groups in total. The average molecular weight is 475 g/mol. The SMILES string of the molecule is CCC(CC)(c1ccc(OCC(O)C(C)(C)C)c(C)c1)c1cc(C)c(-c2n[nH]c(=S)o2)s1. The van der Waals surface area contributed by atoms with Crippen molar-refractivity contribution in [3.8, 4) is 16.5 Å². The Morgan fingerprint density at radius 2 is 1.84 bits per heavy atom. The highest BCUT2D eigenvalue weighted by Gasteiger charge is 2.34. The van der Waals surface area contributed by atoms with Crippen LogP contribution in [-0.2, 0) is 5.41 Å². The van der Waals surface area contributed by atoms with Gasteiger partial charge < -0.3 is 14.3 Å². The number of aliphatic hydroxyl groups excluding tert-OH is 1. The van der Waals surface area contributed by atoms with Crippen molar-refractivity contribution < 1.29 is 14.3 Å². The molecule has 0 fully saturated rings. The summed E-state index contributed by atoms with van der Waals surface area (Å²) in [6.07, 6.45) is 1.41. The van der Waals surface area contributed by atoms with E-state index in [1.165, 1.54) is 10.4 Å². The minimum absolute atomic E-state index is 0.116. The van der Waals surface area contributed by atoms with Gasteiger partial charge in [-0.15, -0.1) is 16.4 Å². The van der Waals surface area contributed by atoms with E-state index in [0.29, 0.717) is 5.89 Å². The number of thiophene rings is 1. The third-order valence-corrected chi connectivity index (χ3v) is 7.96. The third-order valence-electron chi connectivity index (χ3n) is 6.35. The first-order valence-electron chi connectivity index (χ1n) is 11.1. The molecule has 0 spiro atoms.